The van der Waals surface area contributed by atoms with Crippen molar-refractivity contribution < 1.29 is 105 Å². The zero-order valence-electron chi connectivity index (χ0n) is 15.7. The van der Waals surface area contributed by atoms with Gasteiger partial charge in [0.05, 0.1) is 16.8 Å². The fourth-order valence-electron chi connectivity index (χ4n) is 2.15. The van der Waals surface area contributed by atoms with E-state index in [2.05, 4.69) is 15.9 Å². The van der Waals surface area contributed by atoms with Crippen LogP contribution in [0.1, 0.15) is 11.1 Å². The van der Waals surface area contributed by atoms with Crippen molar-refractivity contribution in [3.8, 4) is 0 Å². The first-order chi connectivity index (χ1) is 13.1. The molecule has 0 heterocycles. The van der Waals surface area contributed by atoms with Gasteiger partial charge in [-0.1, -0.05) is 15.9 Å². The zero-order chi connectivity index (χ0) is 22.2. The molecular weight excluding hydrogens is 543 g/mol. The Morgan fingerprint density at radius 3 is 1.77 bits per heavy atom. The molecule has 0 saturated carbocycles. The number of hydrogen-bond acceptors (Lipinski definition) is 4. The van der Waals surface area contributed by atoms with Crippen LogP contribution in [0, 0.1) is 0 Å². The molecule has 158 valence electrons. The Morgan fingerprint density at radius 1 is 0.871 bits per heavy atom. The number of amides is 2. The molecule has 0 aliphatic rings. The second kappa shape index (κ2) is 11.4. The minimum atomic E-state index is -5.35. The zero-order valence-corrected chi connectivity index (χ0v) is 22.2. The Labute approximate surface area is 224 Å². The van der Waals surface area contributed by atoms with Crippen LogP contribution in [0.5, 0.6) is 0 Å². The molecule has 0 bridgehead atoms. The van der Waals surface area contributed by atoms with Crippen LogP contribution in [0.4, 0.5) is 42.5 Å². The van der Waals surface area contributed by atoms with E-state index in [1.54, 1.807) is 5.32 Å². The molecule has 31 heavy (non-hydrogen) atoms. The SMILES string of the molecule is O=C(Nc1cc(C(F)(F)F)cc(C(F)(F)F)c1)Nc1ccc(Br)cc1P(=O)([O-])[O-].[Na+].[Na+]. The van der Waals surface area contributed by atoms with E-state index in [-0.39, 0.29) is 81.8 Å². The Morgan fingerprint density at radius 2 is 1.35 bits per heavy atom. The largest absolute Gasteiger partial charge is 1.00 e. The molecule has 6 nitrogen and oxygen atoms in total. The number of anilines is 2. The summed E-state index contributed by atoms with van der Waals surface area (Å²) in [7, 11) is -5.35. The van der Waals surface area contributed by atoms with E-state index in [1.807, 2.05) is 5.32 Å². The van der Waals surface area contributed by atoms with Crippen LogP contribution >= 0.6 is 23.5 Å². The van der Waals surface area contributed by atoms with Gasteiger partial charge in [0.1, 0.15) is 0 Å². The molecule has 0 radical (unpaired) electrons. The van der Waals surface area contributed by atoms with E-state index in [0.717, 1.165) is 12.1 Å². The van der Waals surface area contributed by atoms with E-state index in [9.17, 15) is 45.5 Å². The predicted octanol–water partition coefficient (Wildman–Crippen LogP) is -2.32. The van der Waals surface area contributed by atoms with Gasteiger partial charge >= 0.3 is 77.5 Å². The summed E-state index contributed by atoms with van der Waals surface area (Å²) in [5, 5.41) is 2.83. The predicted molar refractivity (Wildman–Crippen MR) is 90.5 cm³/mol. The average Bonchev–Trinajstić information content (AvgIpc) is 2.53. The molecule has 0 spiro atoms. The molecule has 2 amide bonds. The Bertz CT molecular complexity index is 968. The van der Waals surface area contributed by atoms with Gasteiger partial charge in [-0.25, -0.2) is 4.79 Å². The second-order valence-corrected chi connectivity index (χ2v) is 7.93. The summed E-state index contributed by atoms with van der Waals surface area (Å²) in [6.07, 6.45) is -10.2. The van der Waals surface area contributed by atoms with Crippen molar-refractivity contribution in [1.29, 1.82) is 0 Å². The van der Waals surface area contributed by atoms with E-state index in [1.165, 1.54) is 6.07 Å². The van der Waals surface area contributed by atoms with Gasteiger partial charge in [-0.15, -0.1) is 0 Å². The minimum Gasteiger partial charge on any atom is -0.807 e. The molecule has 0 saturated heterocycles. The van der Waals surface area contributed by atoms with Crippen LogP contribution in [-0.4, -0.2) is 6.03 Å². The molecule has 16 heteroatoms. The first-order valence-electron chi connectivity index (χ1n) is 7.27. The quantitative estimate of drug-likeness (QED) is 0.254. The van der Waals surface area contributed by atoms with Gasteiger partial charge in [0.15, 0.2) is 0 Å². The summed E-state index contributed by atoms with van der Waals surface area (Å²) >= 11 is 2.92. The fraction of sp³-hybridized carbons (Fsp3) is 0.133. The number of hydrogen-bond donors (Lipinski definition) is 2. The number of carbonyl (C=O) groups is 1. The summed E-state index contributed by atoms with van der Waals surface area (Å²) in [6.45, 7) is 0. The van der Waals surface area contributed by atoms with Gasteiger partial charge in [0.25, 0.3) is 0 Å². The van der Waals surface area contributed by atoms with Crippen LogP contribution in [0.3, 0.4) is 0 Å². The number of halogens is 7. The van der Waals surface area contributed by atoms with Gasteiger partial charge < -0.3 is 25.0 Å². The smallest absolute Gasteiger partial charge is 0.807 e. The summed E-state index contributed by atoms with van der Waals surface area (Å²) < 4.78 is 88.5. The van der Waals surface area contributed by atoms with Crippen LogP contribution in [-0.2, 0) is 16.9 Å². The molecule has 2 N–H and O–H groups in total. The van der Waals surface area contributed by atoms with Crippen LogP contribution in [0.15, 0.2) is 40.9 Å². The third-order valence-corrected chi connectivity index (χ3v) is 4.80. The van der Waals surface area contributed by atoms with Crippen LogP contribution < -0.4 is 84.8 Å². The van der Waals surface area contributed by atoms with Crippen molar-refractivity contribution in [2.75, 3.05) is 10.6 Å². The normalized spacial score (nSPS) is 11.8. The summed E-state index contributed by atoms with van der Waals surface area (Å²) in [5.41, 5.74) is -4.68. The molecule has 0 aromatic heterocycles. The van der Waals surface area contributed by atoms with Crippen molar-refractivity contribution in [2.24, 2.45) is 0 Å². The number of benzene rings is 2. The maximum absolute atomic E-state index is 12.8. The van der Waals surface area contributed by atoms with Crippen molar-refractivity contribution in [3.05, 3.63) is 52.0 Å². The van der Waals surface area contributed by atoms with Gasteiger partial charge in [0.2, 0.25) is 0 Å². The Hall–Kier alpha value is -0.0800. The minimum absolute atomic E-state index is 0. The summed E-state index contributed by atoms with van der Waals surface area (Å²) in [5.74, 6) is 0. The third kappa shape index (κ3) is 9.00. The molecule has 0 atom stereocenters. The number of nitrogens with one attached hydrogen (secondary N) is 2. The molecular formula is C15H8BrF6N2Na2O4P. The van der Waals surface area contributed by atoms with Gasteiger partial charge in [-0.2, -0.15) is 26.3 Å². The number of rotatable bonds is 3. The summed E-state index contributed by atoms with van der Waals surface area (Å²) in [4.78, 5) is 34.5. The van der Waals surface area contributed by atoms with E-state index < -0.39 is 53.8 Å². The standard InChI is InChI=1S/C15H10BrF6N2O4P.2Na/c16-9-1-2-11(12(6-9)29(26,27)28)24-13(25)23-10-4-7(14(17,18)19)3-8(5-10)15(20,21)22;;/h1-6H,(H2,23,24,25)(H2,26,27,28);;/q;2*+1/p-2. The topological polar surface area (TPSA) is 104 Å². The molecule has 2 rings (SSSR count). The van der Waals surface area contributed by atoms with Gasteiger partial charge in [-0.3, -0.25) is 0 Å². The maximum Gasteiger partial charge on any atom is 1.00 e. The third-order valence-electron chi connectivity index (χ3n) is 3.35. The molecule has 2 aromatic rings. The maximum atomic E-state index is 12.8. The van der Waals surface area contributed by atoms with Crippen molar-refractivity contribution in [3.63, 3.8) is 0 Å². The van der Waals surface area contributed by atoms with Crippen LogP contribution in [0.2, 0.25) is 0 Å². The van der Waals surface area contributed by atoms with Crippen molar-refractivity contribution >= 4 is 46.2 Å². The first-order valence-corrected chi connectivity index (χ1v) is 9.60. The summed E-state index contributed by atoms with van der Waals surface area (Å²) in [6, 6.07) is 2.18. The van der Waals surface area contributed by atoms with Crippen molar-refractivity contribution in [2.45, 2.75) is 12.4 Å². The average molecular weight is 551 g/mol. The monoisotopic (exact) mass is 550 g/mol. The van der Waals surface area contributed by atoms with Gasteiger partial charge in [-0.05, 0) is 44.0 Å². The van der Waals surface area contributed by atoms with Crippen molar-refractivity contribution in [1.82, 2.24) is 0 Å². The Kier molecular flexibility index (Phi) is 11.3. The fourth-order valence-corrected chi connectivity index (χ4v) is 3.41. The molecule has 0 fully saturated rings. The number of carbonyl (C=O) groups excluding carboxylic acids is 1. The molecule has 2 aromatic carbocycles. The molecule has 0 aliphatic carbocycles. The van der Waals surface area contributed by atoms with E-state index in [4.69, 9.17) is 0 Å². The number of urea groups is 1. The Balaban J connectivity index is 0.00000450. The van der Waals surface area contributed by atoms with Crippen LogP contribution in [0.25, 0.3) is 0 Å². The second-order valence-electron chi connectivity index (χ2n) is 5.53. The van der Waals surface area contributed by atoms with Gasteiger partial charge in [0, 0.05) is 15.5 Å². The van der Waals surface area contributed by atoms with E-state index >= 15 is 0 Å². The number of alkyl halides is 6. The first kappa shape index (κ1) is 30.9. The molecule has 0 aliphatic heterocycles. The molecule has 0 unspecified atom stereocenters. The van der Waals surface area contributed by atoms with E-state index in [0.29, 0.717) is 0 Å².